The van der Waals surface area contributed by atoms with Gasteiger partial charge in [0.05, 0.1) is 0 Å². The van der Waals surface area contributed by atoms with Gasteiger partial charge in [0.1, 0.15) is 0 Å². The lowest BCUT2D eigenvalue weighted by atomic mass is 9.89. The van der Waals surface area contributed by atoms with Gasteiger partial charge in [-0.25, -0.2) is 0 Å². The molecule has 2 fully saturated rings. The van der Waals surface area contributed by atoms with E-state index in [0.29, 0.717) is 23.9 Å². The zero-order valence-electron chi connectivity index (χ0n) is 13.0. The third-order valence-electron chi connectivity index (χ3n) is 5.52. The SMILES string of the molecule is Cl.O=C(CC1CC2CCC(C1)N2)N1CCc2ccccc2C1. The van der Waals surface area contributed by atoms with Crippen LogP contribution < -0.4 is 5.32 Å². The molecule has 1 N–H and O–H groups in total. The van der Waals surface area contributed by atoms with Crippen LogP contribution in [0.1, 0.15) is 43.2 Å². The fraction of sp³-hybridized carbons (Fsp3) is 0.611. The molecule has 2 unspecified atom stereocenters. The minimum absolute atomic E-state index is 0. The molecule has 3 aliphatic heterocycles. The molecule has 120 valence electrons. The monoisotopic (exact) mass is 320 g/mol. The van der Waals surface area contributed by atoms with Gasteiger partial charge in [0.15, 0.2) is 0 Å². The molecule has 3 nitrogen and oxygen atoms in total. The first-order valence-electron chi connectivity index (χ1n) is 8.38. The van der Waals surface area contributed by atoms with Gasteiger partial charge in [-0.2, -0.15) is 0 Å². The number of fused-ring (bicyclic) bond motifs is 3. The van der Waals surface area contributed by atoms with E-state index >= 15 is 0 Å². The first-order valence-corrected chi connectivity index (χ1v) is 8.38. The van der Waals surface area contributed by atoms with Gasteiger partial charge >= 0.3 is 0 Å². The normalized spacial score (nSPS) is 29.6. The Kier molecular flexibility index (Phi) is 4.74. The van der Waals surface area contributed by atoms with E-state index in [9.17, 15) is 4.79 Å². The molecule has 2 atom stereocenters. The molecule has 1 aromatic carbocycles. The second kappa shape index (κ2) is 6.59. The molecule has 0 saturated carbocycles. The van der Waals surface area contributed by atoms with Crippen LogP contribution in [0.2, 0.25) is 0 Å². The van der Waals surface area contributed by atoms with Crippen molar-refractivity contribution in [3.8, 4) is 0 Å². The van der Waals surface area contributed by atoms with Crippen molar-refractivity contribution in [1.29, 1.82) is 0 Å². The molecule has 1 amide bonds. The molecule has 4 heteroatoms. The number of rotatable bonds is 2. The topological polar surface area (TPSA) is 32.3 Å². The van der Waals surface area contributed by atoms with Crippen molar-refractivity contribution in [1.82, 2.24) is 10.2 Å². The first kappa shape index (κ1) is 15.8. The number of benzene rings is 1. The van der Waals surface area contributed by atoms with Crippen molar-refractivity contribution in [2.24, 2.45) is 5.92 Å². The number of hydrogen-bond acceptors (Lipinski definition) is 2. The summed E-state index contributed by atoms with van der Waals surface area (Å²) in [6, 6.07) is 9.91. The van der Waals surface area contributed by atoms with E-state index in [1.807, 2.05) is 0 Å². The van der Waals surface area contributed by atoms with Crippen LogP contribution in [0.15, 0.2) is 24.3 Å². The van der Waals surface area contributed by atoms with Gasteiger partial charge in [0, 0.05) is 31.6 Å². The Balaban J connectivity index is 0.00000144. The van der Waals surface area contributed by atoms with Crippen LogP contribution >= 0.6 is 12.4 Å². The van der Waals surface area contributed by atoms with Gasteiger partial charge in [-0.1, -0.05) is 24.3 Å². The Bertz CT molecular complexity index is 536. The van der Waals surface area contributed by atoms with Crippen molar-refractivity contribution in [3.63, 3.8) is 0 Å². The Morgan fingerprint density at radius 3 is 2.55 bits per heavy atom. The van der Waals surface area contributed by atoms with Crippen LogP contribution in [0.3, 0.4) is 0 Å². The van der Waals surface area contributed by atoms with Gasteiger partial charge in [0.2, 0.25) is 5.91 Å². The highest BCUT2D eigenvalue weighted by atomic mass is 35.5. The van der Waals surface area contributed by atoms with Crippen LogP contribution in [0.25, 0.3) is 0 Å². The molecule has 22 heavy (non-hydrogen) atoms. The van der Waals surface area contributed by atoms with Crippen molar-refractivity contribution in [2.75, 3.05) is 6.54 Å². The number of hydrogen-bond donors (Lipinski definition) is 1. The summed E-state index contributed by atoms with van der Waals surface area (Å²) in [5.41, 5.74) is 2.75. The number of nitrogens with zero attached hydrogens (tertiary/aromatic N) is 1. The quantitative estimate of drug-likeness (QED) is 0.908. The molecule has 0 radical (unpaired) electrons. The summed E-state index contributed by atoms with van der Waals surface area (Å²) in [7, 11) is 0. The number of amides is 1. The summed E-state index contributed by atoms with van der Waals surface area (Å²) in [5.74, 6) is 0.976. The molecule has 4 rings (SSSR count). The number of halogens is 1. The van der Waals surface area contributed by atoms with Crippen molar-refractivity contribution >= 4 is 18.3 Å². The van der Waals surface area contributed by atoms with E-state index in [2.05, 4.69) is 34.5 Å². The highest BCUT2D eigenvalue weighted by molar-refractivity contribution is 5.85. The van der Waals surface area contributed by atoms with Gasteiger partial charge in [-0.3, -0.25) is 4.79 Å². The summed E-state index contributed by atoms with van der Waals surface area (Å²) in [5, 5.41) is 3.66. The molecule has 3 heterocycles. The number of piperidine rings is 1. The minimum Gasteiger partial charge on any atom is -0.338 e. The van der Waals surface area contributed by atoms with Gasteiger partial charge in [-0.05, 0) is 49.1 Å². The lowest BCUT2D eigenvalue weighted by Gasteiger charge is -2.33. The molecule has 0 aliphatic carbocycles. The summed E-state index contributed by atoms with van der Waals surface area (Å²) in [4.78, 5) is 14.7. The Morgan fingerprint density at radius 1 is 1.14 bits per heavy atom. The summed E-state index contributed by atoms with van der Waals surface area (Å²) in [6.07, 6.45) is 6.80. The van der Waals surface area contributed by atoms with Crippen molar-refractivity contribution < 1.29 is 4.79 Å². The van der Waals surface area contributed by atoms with E-state index in [-0.39, 0.29) is 12.4 Å². The fourth-order valence-electron chi connectivity index (χ4n) is 4.43. The molecule has 1 aromatic rings. The second-order valence-corrected chi connectivity index (χ2v) is 7.01. The number of carbonyl (C=O) groups is 1. The standard InChI is InChI=1S/C18H24N2O.ClH/c21-18(11-13-9-16-5-6-17(10-13)19-16)20-8-7-14-3-1-2-4-15(14)12-20;/h1-4,13,16-17,19H,5-12H2;1H. The summed E-state index contributed by atoms with van der Waals surface area (Å²) < 4.78 is 0. The third-order valence-corrected chi connectivity index (χ3v) is 5.52. The molecular formula is C18H25ClN2O. The average molecular weight is 321 g/mol. The zero-order chi connectivity index (χ0) is 14.2. The van der Waals surface area contributed by atoms with Crippen molar-refractivity contribution in [2.45, 2.75) is 57.2 Å². The number of nitrogens with one attached hydrogen (secondary N) is 1. The highest BCUT2D eigenvalue weighted by Gasteiger charge is 2.35. The Hall–Kier alpha value is -1.06. The zero-order valence-corrected chi connectivity index (χ0v) is 13.8. The van der Waals surface area contributed by atoms with E-state index in [1.54, 1.807) is 0 Å². The predicted octanol–water partition coefficient (Wildman–Crippen LogP) is 2.91. The summed E-state index contributed by atoms with van der Waals surface area (Å²) in [6.45, 7) is 1.71. The summed E-state index contributed by atoms with van der Waals surface area (Å²) >= 11 is 0. The van der Waals surface area contributed by atoms with E-state index in [0.717, 1.165) is 25.9 Å². The Morgan fingerprint density at radius 2 is 1.82 bits per heavy atom. The predicted molar refractivity (Wildman–Crippen MR) is 90.1 cm³/mol. The average Bonchev–Trinajstić information content (AvgIpc) is 2.85. The van der Waals surface area contributed by atoms with Crippen LogP contribution in [0.5, 0.6) is 0 Å². The maximum Gasteiger partial charge on any atom is 0.223 e. The third kappa shape index (κ3) is 3.16. The van der Waals surface area contributed by atoms with Gasteiger partial charge < -0.3 is 10.2 Å². The maximum absolute atomic E-state index is 12.6. The van der Waals surface area contributed by atoms with E-state index < -0.39 is 0 Å². The van der Waals surface area contributed by atoms with E-state index in [4.69, 9.17) is 0 Å². The van der Waals surface area contributed by atoms with E-state index in [1.165, 1.54) is 36.8 Å². The number of carbonyl (C=O) groups excluding carboxylic acids is 1. The second-order valence-electron chi connectivity index (χ2n) is 7.01. The fourth-order valence-corrected chi connectivity index (χ4v) is 4.43. The maximum atomic E-state index is 12.6. The molecule has 2 saturated heterocycles. The Labute approximate surface area is 138 Å². The molecular weight excluding hydrogens is 296 g/mol. The van der Waals surface area contributed by atoms with Crippen molar-refractivity contribution in [3.05, 3.63) is 35.4 Å². The lowest BCUT2D eigenvalue weighted by Crippen LogP contribution is -2.41. The van der Waals surface area contributed by atoms with Crippen LogP contribution in [-0.4, -0.2) is 29.4 Å². The smallest absolute Gasteiger partial charge is 0.223 e. The lowest BCUT2D eigenvalue weighted by molar-refractivity contribution is -0.133. The largest absolute Gasteiger partial charge is 0.338 e. The van der Waals surface area contributed by atoms with Crippen LogP contribution in [-0.2, 0) is 17.8 Å². The molecule has 0 spiro atoms. The highest BCUT2D eigenvalue weighted by Crippen LogP contribution is 2.33. The molecule has 2 bridgehead atoms. The molecule has 0 aromatic heterocycles. The van der Waals surface area contributed by atoms with Gasteiger partial charge in [0.25, 0.3) is 0 Å². The minimum atomic E-state index is 0. The van der Waals surface area contributed by atoms with Crippen LogP contribution in [0.4, 0.5) is 0 Å². The molecule has 3 aliphatic rings. The van der Waals surface area contributed by atoms with Gasteiger partial charge in [-0.15, -0.1) is 12.4 Å². The first-order chi connectivity index (χ1) is 10.3. The van der Waals surface area contributed by atoms with Crippen LogP contribution in [0, 0.1) is 5.92 Å².